The third-order valence-electron chi connectivity index (χ3n) is 6.07. The van der Waals surface area contributed by atoms with Gasteiger partial charge in [0.05, 0.1) is 0 Å². The predicted molar refractivity (Wildman–Crippen MR) is 89.2 cm³/mol. The minimum absolute atomic E-state index is 0.131. The highest BCUT2D eigenvalue weighted by Crippen LogP contribution is 2.40. The van der Waals surface area contributed by atoms with Gasteiger partial charge in [0.15, 0.2) is 0 Å². The molecule has 0 aromatic rings. The van der Waals surface area contributed by atoms with Crippen LogP contribution in [0, 0.1) is 17.3 Å². The van der Waals surface area contributed by atoms with Gasteiger partial charge in [-0.15, -0.1) is 0 Å². The van der Waals surface area contributed by atoms with Crippen LogP contribution in [-0.4, -0.2) is 13.0 Å². The maximum Gasteiger partial charge on any atom is 0.225 e. The van der Waals surface area contributed by atoms with Gasteiger partial charge in [0.2, 0.25) is 5.91 Å². The summed E-state index contributed by atoms with van der Waals surface area (Å²) in [5.41, 5.74) is -0.131. The fraction of sp³-hybridized carbons (Fsp3) is 0.947. The molecule has 122 valence electrons. The van der Waals surface area contributed by atoms with Crippen LogP contribution in [0.4, 0.5) is 0 Å². The normalized spacial score (nSPS) is 24.5. The Morgan fingerprint density at radius 1 is 0.952 bits per heavy atom. The van der Waals surface area contributed by atoms with Gasteiger partial charge in [-0.3, -0.25) is 4.79 Å². The van der Waals surface area contributed by atoms with Crippen LogP contribution in [0.3, 0.4) is 0 Å². The summed E-state index contributed by atoms with van der Waals surface area (Å²) in [5, 5.41) is 2.94. The van der Waals surface area contributed by atoms with E-state index in [-0.39, 0.29) is 11.3 Å². The summed E-state index contributed by atoms with van der Waals surface area (Å²) in [6.07, 6.45) is 17.3. The van der Waals surface area contributed by atoms with E-state index in [1.807, 2.05) is 7.05 Å². The van der Waals surface area contributed by atoms with Gasteiger partial charge in [0.25, 0.3) is 0 Å². The zero-order chi connectivity index (χ0) is 15.1. The number of hydrogen-bond donors (Lipinski definition) is 1. The smallest absolute Gasteiger partial charge is 0.225 e. The second kappa shape index (κ2) is 8.19. The highest BCUT2D eigenvalue weighted by atomic mass is 16.2. The highest BCUT2D eigenvalue weighted by molar-refractivity contribution is 5.81. The fourth-order valence-electron chi connectivity index (χ4n) is 4.64. The molecular formula is C19H35NO. The number of carbonyl (C=O) groups excluding carboxylic acids is 1. The summed E-state index contributed by atoms with van der Waals surface area (Å²) >= 11 is 0. The molecule has 0 spiro atoms. The van der Waals surface area contributed by atoms with Gasteiger partial charge < -0.3 is 5.32 Å². The van der Waals surface area contributed by atoms with Gasteiger partial charge in [-0.05, 0) is 31.1 Å². The Labute approximate surface area is 131 Å². The molecule has 0 saturated heterocycles. The predicted octanol–water partition coefficient (Wildman–Crippen LogP) is 5.07. The van der Waals surface area contributed by atoms with Crippen molar-refractivity contribution in [3.05, 3.63) is 0 Å². The lowest BCUT2D eigenvalue weighted by Gasteiger charge is -2.35. The molecule has 1 atom stereocenters. The first-order valence-corrected chi connectivity index (χ1v) is 9.36. The van der Waals surface area contributed by atoms with Crippen LogP contribution in [0.15, 0.2) is 0 Å². The van der Waals surface area contributed by atoms with Crippen LogP contribution >= 0.6 is 0 Å². The Hall–Kier alpha value is -0.530. The van der Waals surface area contributed by atoms with Crippen LogP contribution in [0.25, 0.3) is 0 Å². The quantitative estimate of drug-likeness (QED) is 0.728. The minimum Gasteiger partial charge on any atom is -0.359 e. The van der Waals surface area contributed by atoms with E-state index in [0.29, 0.717) is 0 Å². The Morgan fingerprint density at radius 2 is 1.48 bits per heavy atom. The molecule has 2 aliphatic rings. The SMILES string of the molecule is CNC(=O)[C@@](C)(CCC1CCCCC1)CC1CCCCC1. The average molecular weight is 293 g/mol. The maximum atomic E-state index is 12.5. The largest absolute Gasteiger partial charge is 0.359 e. The summed E-state index contributed by atoms with van der Waals surface area (Å²) in [6, 6.07) is 0. The van der Waals surface area contributed by atoms with Gasteiger partial charge in [0, 0.05) is 12.5 Å². The van der Waals surface area contributed by atoms with Crippen LogP contribution in [0.2, 0.25) is 0 Å². The molecule has 2 heteroatoms. The van der Waals surface area contributed by atoms with Gasteiger partial charge >= 0.3 is 0 Å². The van der Waals surface area contributed by atoms with Crippen molar-refractivity contribution < 1.29 is 4.79 Å². The first kappa shape index (κ1) is 16.8. The third kappa shape index (κ3) is 5.00. The van der Waals surface area contributed by atoms with Crippen molar-refractivity contribution in [1.82, 2.24) is 5.32 Å². The molecule has 0 aromatic carbocycles. The zero-order valence-electron chi connectivity index (χ0n) is 14.3. The van der Waals surface area contributed by atoms with E-state index in [9.17, 15) is 4.79 Å². The van der Waals surface area contributed by atoms with E-state index in [1.165, 1.54) is 70.6 Å². The fourth-order valence-corrected chi connectivity index (χ4v) is 4.64. The summed E-state index contributed by atoms with van der Waals surface area (Å²) in [4.78, 5) is 12.5. The topological polar surface area (TPSA) is 29.1 Å². The van der Waals surface area contributed by atoms with Gasteiger partial charge in [-0.25, -0.2) is 0 Å². The highest BCUT2D eigenvalue weighted by Gasteiger charge is 2.35. The summed E-state index contributed by atoms with van der Waals surface area (Å²) < 4.78 is 0. The average Bonchev–Trinajstić information content (AvgIpc) is 2.54. The van der Waals surface area contributed by atoms with Gasteiger partial charge in [-0.1, -0.05) is 71.1 Å². The number of rotatable bonds is 6. The van der Waals surface area contributed by atoms with Crippen molar-refractivity contribution in [1.29, 1.82) is 0 Å². The number of nitrogens with one attached hydrogen (secondary N) is 1. The van der Waals surface area contributed by atoms with Crippen molar-refractivity contribution in [2.24, 2.45) is 17.3 Å². The Bertz CT molecular complexity index is 316. The van der Waals surface area contributed by atoms with Crippen LogP contribution in [-0.2, 0) is 4.79 Å². The first-order chi connectivity index (χ1) is 10.1. The number of carbonyl (C=O) groups is 1. The van der Waals surface area contributed by atoms with E-state index in [0.717, 1.165) is 24.7 Å². The molecule has 2 saturated carbocycles. The molecule has 1 N–H and O–H groups in total. The van der Waals surface area contributed by atoms with E-state index in [1.54, 1.807) is 0 Å². The summed E-state index contributed by atoms with van der Waals surface area (Å²) in [6.45, 7) is 2.23. The van der Waals surface area contributed by atoms with E-state index in [2.05, 4.69) is 12.2 Å². The molecule has 0 bridgehead atoms. The van der Waals surface area contributed by atoms with Crippen LogP contribution in [0.1, 0.15) is 90.4 Å². The van der Waals surface area contributed by atoms with E-state index in [4.69, 9.17) is 0 Å². The van der Waals surface area contributed by atoms with Crippen molar-refractivity contribution >= 4 is 5.91 Å². The molecule has 0 radical (unpaired) electrons. The van der Waals surface area contributed by atoms with Gasteiger partial charge in [0.1, 0.15) is 0 Å². The van der Waals surface area contributed by atoms with Crippen molar-refractivity contribution in [3.8, 4) is 0 Å². The van der Waals surface area contributed by atoms with Crippen molar-refractivity contribution in [3.63, 3.8) is 0 Å². The van der Waals surface area contributed by atoms with E-state index < -0.39 is 0 Å². The molecule has 0 heterocycles. The van der Waals surface area contributed by atoms with E-state index >= 15 is 0 Å². The molecule has 1 amide bonds. The van der Waals surface area contributed by atoms with Crippen LogP contribution < -0.4 is 5.32 Å². The Balaban J connectivity index is 1.89. The molecule has 0 aromatic heterocycles. The molecule has 21 heavy (non-hydrogen) atoms. The Kier molecular flexibility index (Phi) is 6.57. The van der Waals surface area contributed by atoms with Crippen molar-refractivity contribution in [2.45, 2.75) is 90.4 Å². The molecule has 0 aliphatic heterocycles. The van der Waals surface area contributed by atoms with Gasteiger partial charge in [-0.2, -0.15) is 0 Å². The Morgan fingerprint density at radius 3 is 2.00 bits per heavy atom. The van der Waals surface area contributed by atoms with Crippen molar-refractivity contribution in [2.75, 3.05) is 7.05 Å². The molecule has 0 unspecified atom stereocenters. The summed E-state index contributed by atoms with van der Waals surface area (Å²) in [7, 11) is 1.81. The number of amides is 1. The second-order valence-electron chi connectivity index (χ2n) is 7.89. The standard InChI is InChI=1S/C19H35NO/c1-19(18(21)20-2,15-17-11-7-4-8-12-17)14-13-16-9-5-3-6-10-16/h16-17H,3-15H2,1-2H3,(H,20,21)/t19-/m0/s1. The summed E-state index contributed by atoms with van der Waals surface area (Å²) in [5.74, 6) is 1.95. The van der Waals surface area contributed by atoms with Crippen LogP contribution in [0.5, 0.6) is 0 Å². The maximum absolute atomic E-state index is 12.5. The lowest BCUT2D eigenvalue weighted by atomic mass is 9.71. The third-order valence-corrected chi connectivity index (χ3v) is 6.07. The lowest BCUT2D eigenvalue weighted by Crippen LogP contribution is -2.39. The monoisotopic (exact) mass is 293 g/mol. The first-order valence-electron chi connectivity index (χ1n) is 9.36. The number of hydrogen-bond acceptors (Lipinski definition) is 1. The second-order valence-corrected chi connectivity index (χ2v) is 7.89. The zero-order valence-corrected chi connectivity index (χ0v) is 14.3. The minimum atomic E-state index is -0.131. The lowest BCUT2D eigenvalue weighted by molar-refractivity contribution is -0.131. The molecule has 2 aliphatic carbocycles. The molecule has 2 rings (SSSR count). The molecule has 2 nitrogen and oxygen atoms in total. The molecule has 2 fully saturated rings. The molecular weight excluding hydrogens is 258 g/mol.